The SMILES string of the molecule is CC1=CC=CC1/C=N/S(=O)(=O)c1ccc(C)cc1. The van der Waals surface area contributed by atoms with Gasteiger partial charge in [0.15, 0.2) is 0 Å². The topological polar surface area (TPSA) is 46.5 Å². The van der Waals surface area contributed by atoms with Gasteiger partial charge < -0.3 is 0 Å². The third-order valence-corrected chi connectivity index (χ3v) is 4.15. The summed E-state index contributed by atoms with van der Waals surface area (Å²) >= 11 is 0. The first kappa shape index (κ1) is 12.8. The molecule has 4 heteroatoms. The molecule has 0 bridgehead atoms. The van der Waals surface area contributed by atoms with Crippen molar-refractivity contribution in [3.63, 3.8) is 0 Å². The van der Waals surface area contributed by atoms with E-state index in [4.69, 9.17) is 0 Å². The van der Waals surface area contributed by atoms with Crippen LogP contribution in [0.25, 0.3) is 0 Å². The van der Waals surface area contributed by atoms with E-state index >= 15 is 0 Å². The summed E-state index contributed by atoms with van der Waals surface area (Å²) in [4.78, 5) is 0.230. The Bertz CT molecular complexity index is 622. The van der Waals surface area contributed by atoms with E-state index in [1.807, 2.05) is 32.1 Å². The molecule has 94 valence electrons. The Morgan fingerprint density at radius 2 is 1.83 bits per heavy atom. The van der Waals surface area contributed by atoms with Crippen LogP contribution in [0.5, 0.6) is 0 Å². The number of hydrogen-bond acceptors (Lipinski definition) is 2. The summed E-state index contributed by atoms with van der Waals surface area (Å²) in [5.41, 5.74) is 2.12. The minimum Gasteiger partial charge on any atom is -0.199 e. The molecule has 1 atom stereocenters. The summed E-state index contributed by atoms with van der Waals surface area (Å²) in [6.07, 6.45) is 7.26. The van der Waals surface area contributed by atoms with Crippen molar-refractivity contribution in [1.82, 2.24) is 0 Å². The number of benzene rings is 1. The third-order valence-electron chi connectivity index (χ3n) is 2.88. The lowest BCUT2D eigenvalue weighted by atomic mass is 10.1. The zero-order valence-corrected chi connectivity index (χ0v) is 11.2. The van der Waals surface area contributed by atoms with Crippen LogP contribution in [0.3, 0.4) is 0 Å². The molecular formula is C14H15NO2S. The molecule has 0 saturated carbocycles. The smallest absolute Gasteiger partial charge is 0.199 e. The number of nitrogens with zero attached hydrogens (tertiary/aromatic N) is 1. The zero-order valence-electron chi connectivity index (χ0n) is 10.4. The summed E-state index contributed by atoms with van der Waals surface area (Å²) in [6, 6.07) is 6.69. The predicted molar refractivity (Wildman–Crippen MR) is 73.2 cm³/mol. The normalized spacial score (nSPS) is 19.4. The molecule has 0 saturated heterocycles. The average Bonchev–Trinajstić information content (AvgIpc) is 2.73. The van der Waals surface area contributed by atoms with Crippen LogP contribution >= 0.6 is 0 Å². The predicted octanol–water partition coefficient (Wildman–Crippen LogP) is 2.89. The lowest BCUT2D eigenvalue weighted by molar-refractivity contribution is 0.598. The fourth-order valence-corrected chi connectivity index (χ4v) is 2.57. The van der Waals surface area contributed by atoms with Crippen LogP contribution < -0.4 is 0 Å². The molecule has 0 spiro atoms. The van der Waals surface area contributed by atoms with E-state index in [0.29, 0.717) is 0 Å². The second kappa shape index (κ2) is 4.90. The Morgan fingerprint density at radius 3 is 2.39 bits per heavy atom. The molecule has 18 heavy (non-hydrogen) atoms. The Morgan fingerprint density at radius 1 is 1.17 bits per heavy atom. The Labute approximate surface area is 108 Å². The van der Waals surface area contributed by atoms with Gasteiger partial charge in [0.25, 0.3) is 10.0 Å². The summed E-state index contributed by atoms with van der Waals surface area (Å²) in [6.45, 7) is 3.87. The van der Waals surface area contributed by atoms with Gasteiger partial charge in [0.1, 0.15) is 0 Å². The van der Waals surface area contributed by atoms with Crippen molar-refractivity contribution in [2.45, 2.75) is 18.7 Å². The summed E-state index contributed by atoms with van der Waals surface area (Å²) in [5.74, 6) is -0.00905. The molecular weight excluding hydrogens is 246 g/mol. The highest BCUT2D eigenvalue weighted by atomic mass is 32.2. The van der Waals surface area contributed by atoms with Crippen LogP contribution in [-0.2, 0) is 10.0 Å². The van der Waals surface area contributed by atoms with Crippen molar-refractivity contribution in [3.8, 4) is 0 Å². The van der Waals surface area contributed by atoms with Gasteiger partial charge in [-0.1, -0.05) is 41.5 Å². The Hall–Kier alpha value is -1.68. The highest BCUT2D eigenvalue weighted by molar-refractivity contribution is 7.90. The first-order chi connectivity index (χ1) is 8.49. The zero-order chi connectivity index (χ0) is 13.2. The number of sulfonamides is 1. The van der Waals surface area contributed by atoms with E-state index in [-0.39, 0.29) is 10.8 Å². The van der Waals surface area contributed by atoms with E-state index in [1.165, 1.54) is 6.21 Å². The summed E-state index contributed by atoms with van der Waals surface area (Å²) in [7, 11) is -3.58. The first-order valence-electron chi connectivity index (χ1n) is 5.71. The molecule has 1 aromatic rings. The van der Waals surface area contributed by atoms with Crippen LogP contribution in [-0.4, -0.2) is 14.6 Å². The molecule has 1 aliphatic carbocycles. The number of allylic oxidation sites excluding steroid dienone is 4. The minimum atomic E-state index is -3.58. The van der Waals surface area contributed by atoms with Gasteiger partial charge >= 0.3 is 0 Å². The van der Waals surface area contributed by atoms with Crippen LogP contribution in [0.2, 0.25) is 0 Å². The molecule has 0 aliphatic heterocycles. The van der Waals surface area contributed by atoms with E-state index in [9.17, 15) is 8.42 Å². The van der Waals surface area contributed by atoms with Crippen molar-refractivity contribution in [3.05, 3.63) is 53.6 Å². The molecule has 3 nitrogen and oxygen atoms in total. The third kappa shape index (κ3) is 2.76. The first-order valence-corrected chi connectivity index (χ1v) is 7.15. The van der Waals surface area contributed by atoms with Crippen LogP contribution in [0, 0.1) is 12.8 Å². The largest absolute Gasteiger partial charge is 0.281 e. The molecule has 1 unspecified atom stereocenters. The Kier molecular flexibility index (Phi) is 3.48. The van der Waals surface area contributed by atoms with Crippen LogP contribution in [0.15, 0.2) is 57.4 Å². The second-order valence-corrected chi connectivity index (χ2v) is 6.00. The van der Waals surface area contributed by atoms with Crippen molar-refractivity contribution < 1.29 is 8.42 Å². The molecule has 0 heterocycles. The highest BCUT2D eigenvalue weighted by Crippen LogP contribution is 2.18. The van der Waals surface area contributed by atoms with Crippen LogP contribution in [0.4, 0.5) is 0 Å². The fraction of sp³-hybridized carbons (Fsp3) is 0.214. The van der Waals surface area contributed by atoms with E-state index in [0.717, 1.165) is 11.1 Å². The summed E-state index contributed by atoms with van der Waals surface area (Å²) < 4.78 is 27.7. The van der Waals surface area contributed by atoms with Gasteiger partial charge in [-0.25, -0.2) is 0 Å². The van der Waals surface area contributed by atoms with E-state index in [2.05, 4.69) is 4.40 Å². The van der Waals surface area contributed by atoms with E-state index < -0.39 is 10.0 Å². The lowest BCUT2D eigenvalue weighted by Gasteiger charge is -2.03. The maximum Gasteiger partial charge on any atom is 0.281 e. The van der Waals surface area contributed by atoms with Crippen molar-refractivity contribution >= 4 is 16.2 Å². The van der Waals surface area contributed by atoms with Crippen LogP contribution in [0.1, 0.15) is 12.5 Å². The maximum absolute atomic E-state index is 12.0. The second-order valence-electron chi connectivity index (χ2n) is 4.36. The van der Waals surface area contributed by atoms with Gasteiger partial charge in [0.2, 0.25) is 0 Å². The monoisotopic (exact) mass is 261 g/mol. The molecule has 1 aromatic carbocycles. The fourth-order valence-electron chi connectivity index (χ4n) is 1.67. The standard InChI is InChI=1S/C14H15NO2S/c1-11-6-8-14(9-7-11)18(16,17)15-10-13-5-3-4-12(13)2/h3-10,13H,1-2H3/b15-10+. The molecule has 0 amide bonds. The number of hydrogen-bond donors (Lipinski definition) is 0. The number of rotatable bonds is 3. The van der Waals surface area contributed by atoms with E-state index in [1.54, 1.807) is 24.3 Å². The van der Waals surface area contributed by atoms with Crippen molar-refractivity contribution in [2.24, 2.45) is 10.3 Å². The quantitative estimate of drug-likeness (QED) is 0.785. The van der Waals surface area contributed by atoms with Crippen molar-refractivity contribution in [2.75, 3.05) is 0 Å². The molecule has 0 aromatic heterocycles. The summed E-state index contributed by atoms with van der Waals surface area (Å²) in [5, 5.41) is 0. The molecule has 2 rings (SSSR count). The van der Waals surface area contributed by atoms with Gasteiger partial charge in [-0.15, -0.1) is 0 Å². The van der Waals surface area contributed by atoms with Gasteiger partial charge in [0, 0.05) is 12.1 Å². The Balaban J connectivity index is 2.22. The maximum atomic E-state index is 12.0. The van der Waals surface area contributed by atoms with Gasteiger partial charge in [-0.3, -0.25) is 0 Å². The molecule has 0 fully saturated rings. The van der Waals surface area contributed by atoms with Gasteiger partial charge in [-0.05, 0) is 26.0 Å². The highest BCUT2D eigenvalue weighted by Gasteiger charge is 2.13. The van der Waals surface area contributed by atoms with Crippen molar-refractivity contribution in [1.29, 1.82) is 0 Å². The van der Waals surface area contributed by atoms with Gasteiger partial charge in [-0.2, -0.15) is 12.8 Å². The average molecular weight is 261 g/mol. The molecule has 0 radical (unpaired) electrons. The van der Waals surface area contributed by atoms with Gasteiger partial charge in [0.05, 0.1) is 4.90 Å². The molecule has 1 aliphatic rings. The lowest BCUT2D eigenvalue weighted by Crippen LogP contribution is -2.02. The number of aryl methyl sites for hydroxylation is 1. The minimum absolute atomic E-state index is 0.00905. The molecule has 0 N–H and O–H groups in total.